The number of halogens is 3. The molecule has 0 saturated carbocycles. The summed E-state index contributed by atoms with van der Waals surface area (Å²) in [4.78, 5) is 3.90. The number of aryl methyl sites for hydroxylation is 1. The molecular weight excluding hydrogens is 263 g/mol. The Bertz CT molecular complexity index is 263. The molecule has 0 aliphatic heterocycles. The highest BCUT2D eigenvalue weighted by Crippen LogP contribution is 2.21. The summed E-state index contributed by atoms with van der Waals surface area (Å²) in [5.41, 5.74) is 0.428. The van der Waals surface area contributed by atoms with Crippen molar-refractivity contribution in [3.63, 3.8) is 0 Å². The summed E-state index contributed by atoms with van der Waals surface area (Å²) in [6.07, 6.45) is -2.42. The van der Waals surface area contributed by atoms with E-state index < -0.39 is 6.43 Å². The summed E-state index contributed by atoms with van der Waals surface area (Å²) in [6.45, 7) is 1.59. The van der Waals surface area contributed by atoms with E-state index in [1.807, 2.05) is 22.6 Å². The SMILES string of the molecule is Cc1nc(I)ccc1C(F)F. The van der Waals surface area contributed by atoms with Gasteiger partial charge in [0.1, 0.15) is 3.70 Å². The van der Waals surface area contributed by atoms with Gasteiger partial charge in [-0.1, -0.05) is 0 Å². The van der Waals surface area contributed by atoms with Crippen LogP contribution in [0.5, 0.6) is 0 Å². The van der Waals surface area contributed by atoms with E-state index in [-0.39, 0.29) is 5.56 Å². The molecule has 0 saturated heterocycles. The zero-order valence-electron chi connectivity index (χ0n) is 5.81. The van der Waals surface area contributed by atoms with Gasteiger partial charge in [0.05, 0.1) is 0 Å². The average molecular weight is 269 g/mol. The summed E-state index contributed by atoms with van der Waals surface area (Å²) in [5.74, 6) is 0. The largest absolute Gasteiger partial charge is 0.265 e. The van der Waals surface area contributed by atoms with Crippen LogP contribution < -0.4 is 0 Å². The molecule has 4 heteroatoms. The molecule has 0 atom stereocenters. The van der Waals surface area contributed by atoms with Crippen molar-refractivity contribution < 1.29 is 8.78 Å². The summed E-state index contributed by atoms with van der Waals surface area (Å²) >= 11 is 1.99. The maximum Gasteiger partial charge on any atom is 0.265 e. The molecule has 60 valence electrons. The van der Waals surface area contributed by atoms with Gasteiger partial charge in [0.25, 0.3) is 6.43 Å². The predicted molar refractivity (Wildman–Crippen MR) is 46.6 cm³/mol. The smallest absolute Gasteiger partial charge is 0.247 e. The number of aromatic nitrogens is 1. The van der Waals surface area contributed by atoms with Crippen molar-refractivity contribution in [1.82, 2.24) is 4.98 Å². The second kappa shape index (κ2) is 3.42. The first-order chi connectivity index (χ1) is 5.11. The number of alkyl halides is 2. The molecule has 0 radical (unpaired) electrons. The van der Waals surface area contributed by atoms with E-state index in [0.29, 0.717) is 5.69 Å². The molecule has 0 unspecified atom stereocenters. The lowest BCUT2D eigenvalue weighted by molar-refractivity contribution is 0.150. The molecule has 0 bridgehead atoms. The molecule has 0 fully saturated rings. The number of rotatable bonds is 1. The van der Waals surface area contributed by atoms with E-state index in [4.69, 9.17) is 0 Å². The van der Waals surface area contributed by atoms with E-state index in [1.165, 1.54) is 6.07 Å². The predicted octanol–water partition coefficient (Wildman–Crippen LogP) is 2.93. The van der Waals surface area contributed by atoms with Gasteiger partial charge in [0.15, 0.2) is 0 Å². The molecule has 1 nitrogen and oxygen atoms in total. The Morgan fingerprint density at radius 1 is 1.45 bits per heavy atom. The lowest BCUT2D eigenvalue weighted by atomic mass is 10.2. The Hall–Kier alpha value is -0.260. The monoisotopic (exact) mass is 269 g/mol. The quantitative estimate of drug-likeness (QED) is 0.564. The second-order valence-electron chi connectivity index (χ2n) is 2.11. The van der Waals surface area contributed by atoms with Crippen molar-refractivity contribution >= 4 is 22.6 Å². The fourth-order valence-electron chi connectivity index (χ4n) is 0.772. The maximum absolute atomic E-state index is 12.1. The van der Waals surface area contributed by atoms with Gasteiger partial charge in [-0.2, -0.15) is 0 Å². The molecule has 0 spiro atoms. The Balaban J connectivity index is 3.09. The normalized spacial score (nSPS) is 10.6. The molecule has 1 rings (SSSR count). The first kappa shape index (κ1) is 8.83. The highest BCUT2D eigenvalue weighted by atomic mass is 127. The summed E-state index contributed by atoms with van der Waals surface area (Å²) in [7, 11) is 0. The van der Waals surface area contributed by atoms with Crippen molar-refractivity contribution in [1.29, 1.82) is 0 Å². The fraction of sp³-hybridized carbons (Fsp3) is 0.286. The van der Waals surface area contributed by atoms with Gasteiger partial charge in [-0.15, -0.1) is 0 Å². The summed E-state index contributed by atoms with van der Waals surface area (Å²) < 4.78 is 25.0. The number of hydrogen-bond donors (Lipinski definition) is 0. The van der Waals surface area contributed by atoms with Crippen molar-refractivity contribution in [2.45, 2.75) is 13.3 Å². The summed E-state index contributed by atoms with van der Waals surface area (Å²) in [6, 6.07) is 2.99. The third-order valence-corrected chi connectivity index (χ3v) is 1.93. The minimum absolute atomic E-state index is 0.0189. The van der Waals surface area contributed by atoms with Gasteiger partial charge < -0.3 is 0 Å². The van der Waals surface area contributed by atoms with Crippen LogP contribution in [0.4, 0.5) is 8.78 Å². The Labute approximate surface area is 77.0 Å². The van der Waals surface area contributed by atoms with Gasteiger partial charge in [0, 0.05) is 11.3 Å². The van der Waals surface area contributed by atoms with Crippen LogP contribution in [-0.4, -0.2) is 4.98 Å². The molecule has 0 N–H and O–H groups in total. The first-order valence-electron chi connectivity index (χ1n) is 3.02. The highest BCUT2D eigenvalue weighted by Gasteiger charge is 2.10. The van der Waals surface area contributed by atoms with E-state index in [2.05, 4.69) is 4.98 Å². The molecule has 0 aliphatic rings. The Morgan fingerprint density at radius 2 is 2.09 bits per heavy atom. The van der Waals surface area contributed by atoms with Crippen LogP contribution in [0.3, 0.4) is 0 Å². The Morgan fingerprint density at radius 3 is 2.55 bits per heavy atom. The zero-order valence-corrected chi connectivity index (χ0v) is 7.97. The molecule has 1 heterocycles. The molecule has 11 heavy (non-hydrogen) atoms. The number of nitrogens with zero attached hydrogens (tertiary/aromatic N) is 1. The maximum atomic E-state index is 12.1. The van der Waals surface area contributed by atoms with Gasteiger partial charge in [-0.05, 0) is 41.6 Å². The van der Waals surface area contributed by atoms with Crippen LogP contribution in [0, 0.1) is 10.6 Å². The van der Waals surface area contributed by atoms with Crippen molar-refractivity contribution in [3.05, 3.63) is 27.1 Å². The molecule has 0 aromatic carbocycles. The van der Waals surface area contributed by atoms with Crippen LogP contribution >= 0.6 is 22.6 Å². The highest BCUT2D eigenvalue weighted by molar-refractivity contribution is 14.1. The first-order valence-corrected chi connectivity index (χ1v) is 4.10. The third-order valence-electron chi connectivity index (χ3n) is 1.33. The molecular formula is C7H6F2IN. The van der Waals surface area contributed by atoms with Crippen LogP contribution in [0.15, 0.2) is 12.1 Å². The lowest BCUT2D eigenvalue weighted by Crippen LogP contribution is -1.93. The van der Waals surface area contributed by atoms with E-state index in [0.717, 1.165) is 3.70 Å². The zero-order chi connectivity index (χ0) is 8.43. The standard InChI is InChI=1S/C7H6F2IN/c1-4-5(7(8)9)2-3-6(10)11-4/h2-3,7H,1H3. The number of pyridine rings is 1. The van der Waals surface area contributed by atoms with Gasteiger partial charge in [-0.25, -0.2) is 13.8 Å². The van der Waals surface area contributed by atoms with Crippen molar-refractivity contribution in [2.75, 3.05) is 0 Å². The lowest BCUT2D eigenvalue weighted by Gasteiger charge is -2.02. The van der Waals surface area contributed by atoms with Crippen LogP contribution in [0.25, 0.3) is 0 Å². The van der Waals surface area contributed by atoms with Gasteiger partial charge in [0.2, 0.25) is 0 Å². The van der Waals surface area contributed by atoms with E-state index in [1.54, 1.807) is 13.0 Å². The minimum atomic E-state index is -2.42. The van der Waals surface area contributed by atoms with Gasteiger partial charge in [-0.3, -0.25) is 0 Å². The van der Waals surface area contributed by atoms with E-state index >= 15 is 0 Å². The van der Waals surface area contributed by atoms with Crippen LogP contribution in [0.1, 0.15) is 17.7 Å². The third kappa shape index (κ3) is 2.08. The van der Waals surface area contributed by atoms with E-state index in [9.17, 15) is 8.78 Å². The summed E-state index contributed by atoms with van der Waals surface area (Å²) in [5, 5.41) is 0. The molecule has 0 aliphatic carbocycles. The number of hydrogen-bond acceptors (Lipinski definition) is 1. The molecule has 0 amide bonds. The van der Waals surface area contributed by atoms with Crippen molar-refractivity contribution in [3.8, 4) is 0 Å². The topological polar surface area (TPSA) is 12.9 Å². The van der Waals surface area contributed by atoms with Crippen LogP contribution in [0.2, 0.25) is 0 Å². The average Bonchev–Trinajstić information content (AvgIpc) is 1.85. The van der Waals surface area contributed by atoms with Crippen LogP contribution in [-0.2, 0) is 0 Å². The second-order valence-corrected chi connectivity index (χ2v) is 3.21. The van der Waals surface area contributed by atoms with Crippen molar-refractivity contribution in [2.24, 2.45) is 0 Å². The van der Waals surface area contributed by atoms with Gasteiger partial charge >= 0.3 is 0 Å². The Kier molecular flexibility index (Phi) is 2.75. The fourth-order valence-corrected chi connectivity index (χ4v) is 1.31. The minimum Gasteiger partial charge on any atom is -0.247 e. The molecule has 1 aromatic heterocycles. The molecule has 1 aromatic rings.